The Balaban J connectivity index is 2.03. The molecule has 1 aromatic carbocycles. The molecular formula is C15H20N4O3S2. The lowest BCUT2D eigenvalue weighted by molar-refractivity contribution is 0.101. The number of aromatic nitrogens is 3. The number of carbonyl (C=O) groups is 1. The monoisotopic (exact) mass is 368 g/mol. The van der Waals surface area contributed by atoms with Crippen molar-refractivity contribution in [1.82, 2.24) is 19.5 Å². The molecule has 0 fully saturated rings. The Kier molecular flexibility index (Phi) is 6.14. The minimum Gasteiger partial charge on any atom is -0.306 e. The van der Waals surface area contributed by atoms with E-state index in [2.05, 4.69) is 14.9 Å². The number of sulfonamides is 1. The molecule has 0 aliphatic heterocycles. The minimum absolute atomic E-state index is 0.101. The first-order chi connectivity index (χ1) is 11.4. The molecule has 0 saturated heterocycles. The normalized spacial score (nSPS) is 11.6. The zero-order valence-electron chi connectivity index (χ0n) is 13.8. The maximum absolute atomic E-state index is 12.3. The average Bonchev–Trinajstić information content (AvgIpc) is 2.96. The van der Waals surface area contributed by atoms with Crippen LogP contribution in [0.25, 0.3) is 0 Å². The SMILES string of the molecule is CCn1c(CCNS(=O)(=O)c2ccc(C(C)=O)cc2)nnc1SC. The number of rotatable bonds is 8. The summed E-state index contributed by atoms with van der Waals surface area (Å²) in [6, 6.07) is 5.88. The van der Waals surface area contributed by atoms with Crippen molar-refractivity contribution in [2.45, 2.75) is 36.9 Å². The van der Waals surface area contributed by atoms with Crippen LogP contribution in [0.4, 0.5) is 0 Å². The van der Waals surface area contributed by atoms with Gasteiger partial charge in [0.25, 0.3) is 0 Å². The summed E-state index contributed by atoms with van der Waals surface area (Å²) in [5.74, 6) is 0.645. The number of hydrogen-bond donors (Lipinski definition) is 1. The number of nitrogens with one attached hydrogen (secondary N) is 1. The van der Waals surface area contributed by atoms with E-state index in [0.29, 0.717) is 12.0 Å². The van der Waals surface area contributed by atoms with Crippen molar-refractivity contribution in [2.75, 3.05) is 12.8 Å². The highest BCUT2D eigenvalue weighted by molar-refractivity contribution is 7.98. The molecule has 0 unspecified atom stereocenters. The zero-order valence-corrected chi connectivity index (χ0v) is 15.4. The summed E-state index contributed by atoms with van der Waals surface area (Å²) in [6.45, 7) is 4.39. The molecule has 0 aliphatic rings. The molecular weight excluding hydrogens is 348 g/mol. The van der Waals surface area contributed by atoms with Crippen LogP contribution < -0.4 is 4.72 Å². The number of ketones is 1. The van der Waals surface area contributed by atoms with Crippen LogP contribution in [0.2, 0.25) is 0 Å². The van der Waals surface area contributed by atoms with Gasteiger partial charge in [-0.2, -0.15) is 0 Å². The van der Waals surface area contributed by atoms with Gasteiger partial charge in [0.05, 0.1) is 4.90 Å². The van der Waals surface area contributed by atoms with Crippen LogP contribution in [0, 0.1) is 0 Å². The molecule has 0 amide bonds. The maximum Gasteiger partial charge on any atom is 0.240 e. The summed E-state index contributed by atoms with van der Waals surface area (Å²) < 4.78 is 29.1. The van der Waals surface area contributed by atoms with Gasteiger partial charge in [-0.15, -0.1) is 10.2 Å². The van der Waals surface area contributed by atoms with E-state index < -0.39 is 10.0 Å². The predicted molar refractivity (Wildman–Crippen MR) is 92.8 cm³/mol. The van der Waals surface area contributed by atoms with Gasteiger partial charge in [0.15, 0.2) is 10.9 Å². The second-order valence-corrected chi connectivity index (χ2v) is 7.62. The summed E-state index contributed by atoms with van der Waals surface area (Å²) in [5, 5.41) is 8.99. The van der Waals surface area contributed by atoms with Gasteiger partial charge in [-0.25, -0.2) is 13.1 Å². The van der Waals surface area contributed by atoms with Gasteiger partial charge in [0.2, 0.25) is 10.0 Å². The first-order valence-electron chi connectivity index (χ1n) is 7.45. The first-order valence-corrected chi connectivity index (χ1v) is 10.2. The molecule has 0 radical (unpaired) electrons. The van der Waals surface area contributed by atoms with Crippen LogP contribution in [0.5, 0.6) is 0 Å². The van der Waals surface area contributed by atoms with Gasteiger partial charge in [-0.1, -0.05) is 23.9 Å². The number of benzene rings is 1. The van der Waals surface area contributed by atoms with Gasteiger partial charge in [0.1, 0.15) is 5.82 Å². The summed E-state index contributed by atoms with van der Waals surface area (Å²) in [4.78, 5) is 11.4. The Hall–Kier alpha value is -1.71. The molecule has 1 aromatic heterocycles. The molecule has 2 rings (SSSR count). The highest BCUT2D eigenvalue weighted by Crippen LogP contribution is 2.14. The third kappa shape index (κ3) is 4.22. The van der Waals surface area contributed by atoms with Crippen molar-refractivity contribution in [3.05, 3.63) is 35.7 Å². The third-order valence-electron chi connectivity index (χ3n) is 3.50. The summed E-state index contributed by atoms with van der Waals surface area (Å²) in [5.41, 5.74) is 0.481. The fourth-order valence-electron chi connectivity index (χ4n) is 2.22. The molecule has 1 heterocycles. The smallest absolute Gasteiger partial charge is 0.240 e. The van der Waals surface area contributed by atoms with Crippen LogP contribution in [0.15, 0.2) is 34.3 Å². The fraction of sp³-hybridized carbons (Fsp3) is 0.400. The van der Waals surface area contributed by atoms with Crippen LogP contribution in [0.1, 0.15) is 30.0 Å². The van der Waals surface area contributed by atoms with Gasteiger partial charge >= 0.3 is 0 Å². The zero-order chi connectivity index (χ0) is 17.7. The molecule has 0 bridgehead atoms. The lowest BCUT2D eigenvalue weighted by atomic mass is 10.2. The van der Waals surface area contributed by atoms with Crippen LogP contribution in [0.3, 0.4) is 0 Å². The van der Waals surface area contributed by atoms with E-state index in [9.17, 15) is 13.2 Å². The molecule has 2 aromatic rings. The molecule has 1 N–H and O–H groups in total. The van der Waals surface area contributed by atoms with Crippen molar-refractivity contribution in [3.63, 3.8) is 0 Å². The van der Waals surface area contributed by atoms with E-state index in [-0.39, 0.29) is 17.2 Å². The largest absolute Gasteiger partial charge is 0.306 e. The Labute approximate surface area is 145 Å². The molecule has 9 heteroatoms. The van der Waals surface area contributed by atoms with Gasteiger partial charge < -0.3 is 4.57 Å². The van der Waals surface area contributed by atoms with E-state index in [1.807, 2.05) is 17.7 Å². The molecule has 0 atom stereocenters. The van der Waals surface area contributed by atoms with Gasteiger partial charge in [-0.05, 0) is 32.2 Å². The van der Waals surface area contributed by atoms with Gasteiger partial charge in [-0.3, -0.25) is 4.79 Å². The van der Waals surface area contributed by atoms with Crippen molar-refractivity contribution in [1.29, 1.82) is 0 Å². The fourth-order valence-corrected chi connectivity index (χ4v) is 3.83. The summed E-state index contributed by atoms with van der Waals surface area (Å²) in [7, 11) is -3.62. The molecule has 130 valence electrons. The van der Waals surface area contributed by atoms with E-state index in [0.717, 1.165) is 17.5 Å². The van der Waals surface area contributed by atoms with E-state index in [4.69, 9.17) is 0 Å². The number of nitrogens with zero attached hydrogens (tertiary/aromatic N) is 3. The standard InChI is InChI=1S/C15H20N4O3S2/c1-4-19-14(17-18-15(19)23-3)9-10-16-24(21,22)13-7-5-12(6-8-13)11(2)20/h5-8,16H,4,9-10H2,1-3H3. The lowest BCUT2D eigenvalue weighted by Gasteiger charge is -2.08. The average molecular weight is 368 g/mol. The third-order valence-corrected chi connectivity index (χ3v) is 5.65. The summed E-state index contributed by atoms with van der Waals surface area (Å²) >= 11 is 1.50. The van der Waals surface area contributed by atoms with Crippen molar-refractivity contribution >= 4 is 27.6 Å². The maximum atomic E-state index is 12.3. The quantitative estimate of drug-likeness (QED) is 0.563. The Morgan fingerprint density at radius 2 is 1.92 bits per heavy atom. The van der Waals surface area contributed by atoms with E-state index in [1.54, 1.807) is 0 Å². The number of carbonyl (C=O) groups excluding carboxylic acids is 1. The Morgan fingerprint density at radius 1 is 1.25 bits per heavy atom. The van der Waals surface area contributed by atoms with Crippen LogP contribution >= 0.6 is 11.8 Å². The second kappa shape index (κ2) is 7.91. The number of Topliss-reactive ketones (excluding diaryl/α,β-unsaturated/α-hetero) is 1. The van der Waals surface area contributed by atoms with Gasteiger partial charge in [0, 0.05) is 25.1 Å². The predicted octanol–water partition coefficient (Wildman–Crippen LogP) is 1.74. The second-order valence-electron chi connectivity index (χ2n) is 5.08. The van der Waals surface area contributed by atoms with Crippen molar-refractivity contribution < 1.29 is 13.2 Å². The van der Waals surface area contributed by atoms with E-state index in [1.165, 1.54) is 43.0 Å². The molecule has 7 nitrogen and oxygen atoms in total. The highest BCUT2D eigenvalue weighted by Gasteiger charge is 2.15. The number of thioether (sulfide) groups is 1. The van der Waals surface area contributed by atoms with Crippen LogP contribution in [-0.4, -0.2) is 41.8 Å². The highest BCUT2D eigenvalue weighted by atomic mass is 32.2. The Bertz CT molecular complexity index is 814. The van der Waals surface area contributed by atoms with E-state index >= 15 is 0 Å². The first kappa shape index (κ1) is 18.6. The molecule has 0 spiro atoms. The van der Waals surface area contributed by atoms with Crippen molar-refractivity contribution in [2.24, 2.45) is 0 Å². The molecule has 24 heavy (non-hydrogen) atoms. The summed E-state index contributed by atoms with van der Waals surface area (Å²) in [6.07, 6.45) is 2.37. The van der Waals surface area contributed by atoms with Crippen molar-refractivity contribution in [3.8, 4) is 0 Å². The number of hydrogen-bond acceptors (Lipinski definition) is 6. The molecule has 0 saturated carbocycles. The Morgan fingerprint density at radius 3 is 2.46 bits per heavy atom. The van der Waals surface area contributed by atoms with Crippen LogP contribution in [-0.2, 0) is 23.0 Å². The lowest BCUT2D eigenvalue weighted by Crippen LogP contribution is -2.26. The molecule has 0 aliphatic carbocycles. The minimum atomic E-state index is -3.62. The topological polar surface area (TPSA) is 94.0 Å².